The van der Waals surface area contributed by atoms with E-state index in [1.807, 2.05) is 13.8 Å². The van der Waals surface area contributed by atoms with Gasteiger partial charge in [0.1, 0.15) is 11.8 Å². The fourth-order valence-corrected chi connectivity index (χ4v) is 2.28. The molecule has 0 aromatic heterocycles. The van der Waals surface area contributed by atoms with Gasteiger partial charge >= 0.3 is 6.18 Å². The highest BCUT2D eigenvalue weighted by atomic mass is 79.9. The number of rotatable bonds is 6. The van der Waals surface area contributed by atoms with Crippen LogP contribution in [0.4, 0.5) is 13.2 Å². The van der Waals surface area contributed by atoms with E-state index in [0.29, 0.717) is 29.8 Å². The molecule has 0 radical (unpaired) electrons. The van der Waals surface area contributed by atoms with Crippen LogP contribution >= 0.6 is 15.9 Å². The highest BCUT2D eigenvalue weighted by Crippen LogP contribution is 2.37. The second-order valence-corrected chi connectivity index (χ2v) is 4.90. The average Bonchev–Trinajstić information content (AvgIpc) is 2.31. The molecule has 0 amide bonds. The topological polar surface area (TPSA) is 21.3 Å². The Hall–Kier alpha value is -0.750. The molecule has 2 nitrogen and oxygen atoms in total. The van der Waals surface area contributed by atoms with Crippen molar-refractivity contribution in [2.45, 2.75) is 32.5 Å². The fraction of sp³-hybridized carbons (Fsp3) is 0.538. The van der Waals surface area contributed by atoms with Crippen molar-refractivity contribution in [3.8, 4) is 5.75 Å². The third-order valence-corrected chi connectivity index (χ3v) is 3.21. The summed E-state index contributed by atoms with van der Waals surface area (Å²) < 4.78 is 44.8. The van der Waals surface area contributed by atoms with Gasteiger partial charge in [0.25, 0.3) is 0 Å². The zero-order chi connectivity index (χ0) is 14.5. The number of hydrogen-bond donors (Lipinski definition) is 1. The third kappa shape index (κ3) is 4.69. The third-order valence-electron chi connectivity index (χ3n) is 2.52. The molecule has 0 aliphatic heterocycles. The van der Waals surface area contributed by atoms with Gasteiger partial charge in [0.05, 0.1) is 6.61 Å². The molecule has 0 fully saturated rings. The number of hydrogen-bond acceptors (Lipinski definition) is 2. The normalized spacial score (nSPS) is 13.4. The number of alkyl halides is 3. The van der Waals surface area contributed by atoms with Crippen molar-refractivity contribution in [3.63, 3.8) is 0 Å². The maximum atomic E-state index is 13.0. The van der Waals surface area contributed by atoms with Crippen molar-refractivity contribution >= 4 is 15.9 Å². The quantitative estimate of drug-likeness (QED) is 0.826. The SMILES string of the molecule is CCCNC(c1ccc(OCC)cc1Br)C(F)(F)F. The van der Waals surface area contributed by atoms with Crippen LogP contribution in [-0.4, -0.2) is 19.3 Å². The summed E-state index contributed by atoms with van der Waals surface area (Å²) in [7, 11) is 0. The molecule has 0 saturated carbocycles. The van der Waals surface area contributed by atoms with Gasteiger partial charge in [0.2, 0.25) is 0 Å². The number of ether oxygens (including phenoxy) is 1. The molecule has 1 rings (SSSR count). The van der Waals surface area contributed by atoms with E-state index in [-0.39, 0.29) is 5.56 Å². The van der Waals surface area contributed by atoms with Crippen LogP contribution in [0.5, 0.6) is 5.75 Å². The monoisotopic (exact) mass is 339 g/mol. The Labute approximate surface area is 119 Å². The highest BCUT2D eigenvalue weighted by molar-refractivity contribution is 9.10. The molecule has 0 aliphatic rings. The standard InChI is InChI=1S/C13H17BrF3NO/c1-3-7-18-12(13(15,16)17)10-6-5-9(19-4-2)8-11(10)14/h5-6,8,12,18H,3-4,7H2,1-2H3. The van der Waals surface area contributed by atoms with Crippen molar-refractivity contribution in [3.05, 3.63) is 28.2 Å². The van der Waals surface area contributed by atoms with Crippen LogP contribution in [-0.2, 0) is 0 Å². The Morgan fingerprint density at radius 2 is 2.00 bits per heavy atom. The Balaban J connectivity index is 3.02. The molecule has 6 heteroatoms. The predicted molar refractivity (Wildman–Crippen MR) is 72.4 cm³/mol. The molecule has 0 aliphatic carbocycles. The molecule has 19 heavy (non-hydrogen) atoms. The smallest absolute Gasteiger partial charge is 0.407 e. The van der Waals surface area contributed by atoms with Gasteiger partial charge in [0.15, 0.2) is 0 Å². The van der Waals surface area contributed by atoms with Gasteiger partial charge in [-0.05, 0) is 37.6 Å². The Bertz CT molecular complexity index is 409. The van der Waals surface area contributed by atoms with Gasteiger partial charge in [-0.1, -0.05) is 28.9 Å². The van der Waals surface area contributed by atoms with Crippen LogP contribution in [0.15, 0.2) is 22.7 Å². The van der Waals surface area contributed by atoms with Crippen LogP contribution in [0.3, 0.4) is 0 Å². The van der Waals surface area contributed by atoms with E-state index in [1.54, 1.807) is 12.1 Å². The van der Waals surface area contributed by atoms with Gasteiger partial charge in [0, 0.05) is 4.47 Å². The van der Waals surface area contributed by atoms with Crippen LogP contribution < -0.4 is 10.1 Å². The molecule has 1 atom stereocenters. The van der Waals surface area contributed by atoms with E-state index in [0.717, 1.165) is 0 Å². The minimum atomic E-state index is -4.33. The fourth-order valence-electron chi connectivity index (χ4n) is 1.69. The summed E-state index contributed by atoms with van der Waals surface area (Å²) in [6, 6.07) is 2.88. The van der Waals surface area contributed by atoms with Crippen molar-refractivity contribution in [2.75, 3.05) is 13.2 Å². The molecule has 1 N–H and O–H groups in total. The van der Waals surface area contributed by atoms with E-state index in [1.165, 1.54) is 6.07 Å². The zero-order valence-corrected chi connectivity index (χ0v) is 12.4. The second kappa shape index (κ2) is 7.14. The second-order valence-electron chi connectivity index (χ2n) is 4.05. The number of halogens is 4. The first-order valence-corrected chi connectivity index (χ1v) is 6.91. The molecular formula is C13H17BrF3NO. The predicted octanol–water partition coefficient (Wildman–Crippen LogP) is 4.45. The van der Waals surface area contributed by atoms with Crippen molar-refractivity contribution in [2.24, 2.45) is 0 Å². The summed E-state index contributed by atoms with van der Waals surface area (Å²) in [4.78, 5) is 0. The summed E-state index contributed by atoms with van der Waals surface area (Å²) in [5.74, 6) is 0.551. The summed E-state index contributed by atoms with van der Waals surface area (Å²) in [5.41, 5.74) is 0.171. The van der Waals surface area contributed by atoms with Crippen molar-refractivity contribution < 1.29 is 17.9 Å². The van der Waals surface area contributed by atoms with Gasteiger partial charge in [-0.2, -0.15) is 13.2 Å². The molecule has 1 unspecified atom stereocenters. The molecule has 108 valence electrons. The Kier molecular flexibility index (Phi) is 6.13. The zero-order valence-electron chi connectivity index (χ0n) is 10.9. The maximum absolute atomic E-state index is 13.0. The Morgan fingerprint density at radius 3 is 2.47 bits per heavy atom. The first-order valence-electron chi connectivity index (χ1n) is 6.12. The summed E-state index contributed by atoms with van der Waals surface area (Å²) in [6.45, 7) is 4.43. The highest BCUT2D eigenvalue weighted by Gasteiger charge is 2.41. The van der Waals surface area contributed by atoms with Gasteiger partial charge < -0.3 is 10.1 Å². The lowest BCUT2D eigenvalue weighted by Gasteiger charge is -2.23. The molecule has 0 bridgehead atoms. The first-order chi connectivity index (χ1) is 8.90. The van der Waals surface area contributed by atoms with Gasteiger partial charge in [-0.25, -0.2) is 0 Å². The largest absolute Gasteiger partial charge is 0.494 e. The van der Waals surface area contributed by atoms with Crippen LogP contribution in [0.2, 0.25) is 0 Å². The number of benzene rings is 1. The lowest BCUT2D eigenvalue weighted by atomic mass is 10.1. The van der Waals surface area contributed by atoms with E-state index >= 15 is 0 Å². The van der Waals surface area contributed by atoms with E-state index in [4.69, 9.17) is 4.74 Å². The molecular weight excluding hydrogens is 323 g/mol. The minimum absolute atomic E-state index is 0.171. The molecule has 0 heterocycles. The van der Waals surface area contributed by atoms with E-state index in [9.17, 15) is 13.2 Å². The van der Waals surface area contributed by atoms with Crippen LogP contribution in [0.25, 0.3) is 0 Å². The molecule has 0 saturated heterocycles. The summed E-state index contributed by atoms with van der Waals surface area (Å²) in [6.07, 6.45) is -3.69. The summed E-state index contributed by atoms with van der Waals surface area (Å²) >= 11 is 3.18. The lowest BCUT2D eigenvalue weighted by molar-refractivity contribution is -0.157. The summed E-state index contributed by atoms with van der Waals surface area (Å²) in [5, 5.41) is 2.52. The average molecular weight is 340 g/mol. The molecule has 1 aromatic carbocycles. The molecule has 0 spiro atoms. The van der Waals surface area contributed by atoms with Crippen LogP contribution in [0, 0.1) is 0 Å². The first kappa shape index (κ1) is 16.3. The van der Waals surface area contributed by atoms with Crippen molar-refractivity contribution in [1.29, 1.82) is 0 Å². The van der Waals surface area contributed by atoms with Crippen LogP contribution in [0.1, 0.15) is 31.9 Å². The van der Waals surface area contributed by atoms with Gasteiger partial charge in [-0.3, -0.25) is 0 Å². The molecule has 1 aromatic rings. The van der Waals surface area contributed by atoms with Crippen molar-refractivity contribution in [1.82, 2.24) is 5.32 Å². The van der Waals surface area contributed by atoms with Gasteiger partial charge in [-0.15, -0.1) is 0 Å². The Morgan fingerprint density at radius 1 is 1.32 bits per heavy atom. The van der Waals surface area contributed by atoms with E-state index < -0.39 is 12.2 Å². The minimum Gasteiger partial charge on any atom is -0.494 e. The maximum Gasteiger partial charge on any atom is 0.407 e. The lowest BCUT2D eigenvalue weighted by Crippen LogP contribution is -2.34. The van der Waals surface area contributed by atoms with E-state index in [2.05, 4.69) is 21.2 Å². The number of nitrogens with one attached hydrogen (secondary N) is 1.